The Hall–Kier alpha value is -0.970. The molecule has 21 heavy (non-hydrogen) atoms. The van der Waals surface area contributed by atoms with E-state index in [2.05, 4.69) is 5.32 Å². The number of rotatable bonds is 3. The molecule has 2 rings (SSSR count). The van der Waals surface area contributed by atoms with Crippen LogP contribution in [-0.4, -0.2) is 35.2 Å². The summed E-state index contributed by atoms with van der Waals surface area (Å²) in [6, 6.07) is 5.29. The van der Waals surface area contributed by atoms with Crippen molar-refractivity contribution in [2.45, 2.75) is 44.4 Å². The maximum absolute atomic E-state index is 12.2. The summed E-state index contributed by atoms with van der Waals surface area (Å²) in [4.78, 5) is 13.8. The third kappa shape index (κ3) is 5.06. The number of hydrogen-bond donors (Lipinski definition) is 2. The zero-order valence-electron chi connectivity index (χ0n) is 12.0. The first-order chi connectivity index (χ1) is 9.94. The average molecular weight is 331 g/mol. The van der Waals surface area contributed by atoms with Gasteiger partial charge in [-0.05, 0) is 49.4 Å². The molecule has 1 aromatic carbocycles. The maximum Gasteiger partial charge on any atom is 0.317 e. The summed E-state index contributed by atoms with van der Waals surface area (Å²) in [5.41, 5.74) is 0.893. The van der Waals surface area contributed by atoms with Crippen LogP contribution < -0.4 is 5.32 Å². The van der Waals surface area contributed by atoms with E-state index < -0.39 is 0 Å². The smallest absolute Gasteiger partial charge is 0.317 e. The lowest BCUT2D eigenvalue weighted by Crippen LogP contribution is -2.44. The van der Waals surface area contributed by atoms with E-state index in [4.69, 9.17) is 23.2 Å². The van der Waals surface area contributed by atoms with Crippen LogP contribution >= 0.6 is 23.2 Å². The number of carbonyl (C=O) groups excluding carboxylic acids is 1. The van der Waals surface area contributed by atoms with E-state index in [0.29, 0.717) is 16.6 Å². The van der Waals surface area contributed by atoms with E-state index in [-0.39, 0.29) is 18.2 Å². The Morgan fingerprint density at radius 2 is 1.81 bits per heavy atom. The van der Waals surface area contributed by atoms with Crippen LogP contribution in [-0.2, 0) is 6.54 Å². The van der Waals surface area contributed by atoms with Crippen molar-refractivity contribution in [1.82, 2.24) is 10.2 Å². The number of benzene rings is 1. The SMILES string of the molecule is CN(Cc1cc(Cl)cc(Cl)c1)C(=O)NC1CCC(O)CC1. The lowest BCUT2D eigenvalue weighted by Gasteiger charge is -2.28. The molecular formula is C15H20Cl2N2O2. The normalized spacial score (nSPS) is 21.9. The van der Waals surface area contributed by atoms with Crippen molar-refractivity contribution in [3.8, 4) is 0 Å². The zero-order chi connectivity index (χ0) is 15.4. The summed E-state index contributed by atoms with van der Waals surface area (Å²) < 4.78 is 0. The molecule has 0 atom stereocenters. The van der Waals surface area contributed by atoms with Gasteiger partial charge >= 0.3 is 6.03 Å². The topological polar surface area (TPSA) is 52.6 Å². The molecule has 0 bridgehead atoms. The first kappa shape index (κ1) is 16.4. The van der Waals surface area contributed by atoms with Crippen LogP contribution in [0.4, 0.5) is 4.79 Å². The van der Waals surface area contributed by atoms with E-state index in [1.165, 1.54) is 0 Å². The highest BCUT2D eigenvalue weighted by Crippen LogP contribution is 2.21. The third-order valence-corrected chi connectivity index (χ3v) is 4.15. The fraction of sp³-hybridized carbons (Fsp3) is 0.533. The Bertz CT molecular complexity index is 482. The second-order valence-electron chi connectivity index (χ2n) is 5.59. The fourth-order valence-electron chi connectivity index (χ4n) is 2.55. The van der Waals surface area contributed by atoms with Gasteiger partial charge < -0.3 is 15.3 Å². The summed E-state index contributed by atoms with van der Waals surface area (Å²) in [5.74, 6) is 0. The van der Waals surface area contributed by atoms with Gasteiger partial charge in [-0.15, -0.1) is 0 Å². The molecule has 0 radical (unpaired) electrons. The van der Waals surface area contributed by atoms with Crippen molar-refractivity contribution >= 4 is 29.2 Å². The molecule has 116 valence electrons. The Labute approximate surface area is 135 Å². The van der Waals surface area contributed by atoms with Crippen molar-refractivity contribution in [2.24, 2.45) is 0 Å². The van der Waals surface area contributed by atoms with E-state index >= 15 is 0 Å². The van der Waals surface area contributed by atoms with Crippen LogP contribution in [0.5, 0.6) is 0 Å². The third-order valence-electron chi connectivity index (χ3n) is 3.71. The second-order valence-corrected chi connectivity index (χ2v) is 6.46. The summed E-state index contributed by atoms with van der Waals surface area (Å²) in [7, 11) is 1.74. The molecule has 2 N–H and O–H groups in total. The molecule has 0 heterocycles. The number of aliphatic hydroxyl groups is 1. The van der Waals surface area contributed by atoms with Crippen molar-refractivity contribution in [2.75, 3.05) is 7.05 Å². The van der Waals surface area contributed by atoms with Crippen LogP contribution in [0.2, 0.25) is 10.0 Å². The quantitative estimate of drug-likeness (QED) is 0.891. The van der Waals surface area contributed by atoms with Crippen LogP contribution in [0.15, 0.2) is 18.2 Å². The number of hydrogen-bond acceptors (Lipinski definition) is 2. The molecular weight excluding hydrogens is 311 g/mol. The van der Waals surface area contributed by atoms with Gasteiger partial charge in [0.15, 0.2) is 0 Å². The Balaban J connectivity index is 1.87. The number of halogens is 2. The number of nitrogens with one attached hydrogen (secondary N) is 1. The van der Waals surface area contributed by atoms with Crippen LogP contribution in [0.1, 0.15) is 31.2 Å². The first-order valence-electron chi connectivity index (χ1n) is 7.08. The van der Waals surface area contributed by atoms with Gasteiger partial charge in [0.1, 0.15) is 0 Å². The van der Waals surface area contributed by atoms with Gasteiger partial charge in [0, 0.05) is 29.7 Å². The minimum Gasteiger partial charge on any atom is -0.393 e. The van der Waals surface area contributed by atoms with Crippen LogP contribution in [0.3, 0.4) is 0 Å². The monoisotopic (exact) mass is 330 g/mol. The minimum absolute atomic E-state index is 0.118. The largest absolute Gasteiger partial charge is 0.393 e. The summed E-state index contributed by atoms with van der Waals surface area (Å²) >= 11 is 11.9. The molecule has 1 aliphatic carbocycles. The molecule has 2 amide bonds. The minimum atomic E-state index is -0.218. The molecule has 1 aromatic rings. The maximum atomic E-state index is 12.2. The number of aliphatic hydroxyl groups excluding tert-OH is 1. The Morgan fingerprint density at radius 1 is 1.24 bits per heavy atom. The second kappa shape index (κ2) is 7.34. The molecule has 1 saturated carbocycles. The standard InChI is InChI=1S/C15H20Cl2N2O2/c1-19(9-10-6-11(16)8-12(17)7-10)15(21)18-13-2-4-14(20)5-3-13/h6-8,13-14,20H,2-5,9H2,1H3,(H,18,21). The number of carbonyl (C=O) groups is 1. The highest BCUT2D eigenvalue weighted by molar-refractivity contribution is 6.34. The Morgan fingerprint density at radius 3 is 2.38 bits per heavy atom. The molecule has 1 aliphatic rings. The van der Waals surface area contributed by atoms with E-state index in [9.17, 15) is 9.90 Å². The van der Waals surface area contributed by atoms with Gasteiger partial charge in [0.05, 0.1) is 6.10 Å². The van der Waals surface area contributed by atoms with Gasteiger partial charge in [-0.2, -0.15) is 0 Å². The Kier molecular flexibility index (Phi) is 5.73. The first-order valence-corrected chi connectivity index (χ1v) is 7.84. The van der Waals surface area contributed by atoms with E-state index in [0.717, 1.165) is 31.2 Å². The lowest BCUT2D eigenvalue weighted by atomic mass is 9.93. The summed E-state index contributed by atoms with van der Waals surface area (Å²) in [6.07, 6.45) is 2.93. The number of urea groups is 1. The van der Waals surface area contributed by atoms with Crippen LogP contribution in [0, 0.1) is 0 Å². The molecule has 0 aromatic heterocycles. The lowest BCUT2D eigenvalue weighted by molar-refractivity contribution is 0.115. The van der Waals surface area contributed by atoms with Crippen LogP contribution in [0.25, 0.3) is 0 Å². The van der Waals surface area contributed by atoms with E-state index in [1.807, 2.05) is 0 Å². The van der Waals surface area contributed by atoms with Crippen molar-refractivity contribution in [1.29, 1.82) is 0 Å². The average Bonchev–Trinajstić information content (AvgIpc) is 2.40. The molecule has 4 nitrogen and oxygen atoms in total. The molecule has 0 saturated heterocycles. The molecule has 6 heteroatoms. The zero-order valence-corrected chi connectivity index (χ0v) is 13.5. The highest BCUT2D eigenvalue weighted by Gasteiger charge is 2.22. The number of nitrogens with zero attached hydrogens (tertiary/aromatic N) is 1. The molecule has 0 spiro atoms. The van der Waals surface area contributed by atoms with Crippen molar-refractivity contribution < 1.29 is 9.90 Å². The van der Waals surface area contributed by atoms with Gasteiger partial charge in [-0.25, -0.2) is 4.79 Å². The van der Waals surface area contributed by atoms with Gasteiger partial charge in [0.2, 0.25) is 0 Å². The van der Waals surface area contributed by atoms with Crippen molar-refractivity contribution in [3.63, 3.8) is 0 Å². The predicted octanol–water partition coefficient (Wildman–Crippen LogP) is 3.44. The van der Waals surface area contributed by atoms with Gasteiger partial charge in [-0.3, -0.25) is 0 Å². The number of amides is 2. The molecule has 0 unspecified atom stereocenters. The highest BCUT2D eigenvalue weighted by atomic mass is 35.5. The van der Waals surface area contributed by atoms with Crippen molar-refractivity contribution in [3.05, 3.63) is 33.8 Å². The van der Waals surface area contributed by atoms with Gasteiger partial charge in [0.25, 0.3) is 0 Å². The van der Waals surface area contributed by atoms with E-state index in [1.54, 1.807) is 30.1 Å². The fourth-order valence-corrected chi connectivity index (χ4v) is 3.12. The molecule has 0 aliphatic heterocycles. The summed E-state index contributed by atoms with van der Waals surface area (Å²) in [6.45, 7) is 0.446. The summed E-state index contributed by atoms with van der Waals surface area (Å²) in [5, 5.41) is 13.6. The van der Waals surface area contributed by atoms with Gasteiger partial charge in [-0.1, -0.05) is 23.2 Å². The molecule has 1 fully saturated rings. The predicted molar refractivity (Wildman–Crippen MR) is 84.7 cm³/mol.